The third-order valence-corrected chi connectivity index (χ3v) is 6.07. The Morgan fingerprint density at radius 3 is 2.50 bits per heavy atom. The lowest BCUT2D eigenvalue weighted by Gasteiger charge is -2.25. The fraction of sp³-hybridized carbons (Fsp3) is 0.500. The van der Waals surface area contributed by atoms with Gasteiger partial charge in [0, 0.05) is 50.1 Å². The highest BCUT2D eigenvalue weighted by Crippen LogP contribution is 2.25. The van der Waals surface area contributed by atoms with Crippen LogP contribution in [0.2, 0.25) is 0 Å². The molecule has 0 unspecified atom stereocenters. The molecule has 8 heteroatoms. The van der Waals surface area contributed by atoms with Crippen LogP contribution >= 0.6 is 11.3 Å². The summed E-state index contributed by atoms with van der Waals surface area (Å²) >= 11 is 1.49. The molecule has 2 aromatic heterocycles. The van der Waals surface area contributed by atoms with Gasteiger partial charge in [-0.1, -0.05) is 0 Å². The number of amides is 2. The Morgan fingerprint density at radius 1 is 0.962 bits per heavy atom. The number of aromatic nitrogens is 3. The Morgan fingerprint density at radius 2 is 1.73 bits per heavy atom. The van der Waals surface area contributed by atoms with Crippen molar-refractivity contribution in [2.24, 2.45) is 0 Å². The molecule has 0 aromatic carbocycles. The summed E-state index contributed by atoms with van der Waals surface area (Å²) in [6.07, 6.45) is 7.74. The molecule has 2 aliphatic rings. The van der Waals surface area contributed by atoms with Gasteiger partial charge in [0.2, 0.25) is 0 Å². The van der Waals surface area contributed by atoms with Crippen molar-refractivity contribution in [3.05, 3.63) is 39.9 Å². The Balaban J connectivity index is 1.44. The van der Waals surface area contributed by atoms with Crippen LogP contribution in [0.3, 0.4) is 0 Å². The molecule has 4 heterocycles. The molecule has 2 aromatic rings. The Hall–Kier alpha value is -2.35. The number of carbonyl (C=O) groups excluding carboxylic acids is 2. The van der Waals surface area contributed by atoms with Crippen LogP contribution in [0.1, 0.15) is 50.1 Å². The predicted molar refractivity (Wildman–Crippen MR) is 97.2 cm³/mol. The number of thiazole rings is 1. The van der Waals surface area contributed by atoms with Crippen LogP contribution in [0, 0.1) is 0 Å². The Bertz CT molecular complexity index is 776. The Kier molecular flexibility index (Phi) is 4.92. The van der Waals surface area contributed by atoms with E-state index in [1.165, 1.54) is 24.1 Å². The second kappa shape index (κ2) is 7.49. The van der Waals surface area contributed by atoms with Gasteiger partial charge in [-0.15, -0.1) is 11.3 Å². The van der Waals surface area contributed by atoms with Gasteiger partial charge in [0.05, 0.1) is 5.69 Å². The van der Waals surface area contributed by atoms with E-state index in [1.54, 1.807) is 12.3 Å². The van der Waals surface area contributed by atoms with Crippen molar-refractivity contribution < 1.29 is 9.59 Å². The van der Waals surface area contributed by atoms with E-state index in [-0.39, 0.29) is 11.8 Å². The molecule has 0 bridgehead atoms. The summed E-state index contributed by atoms with van der Waals surface area (Å²) in [6, 6.07) is 1.64. The second-order valence-corrected chi connectivity index (χ2v) is 7.71. The molecule has 2 aliphatic heterocycles. The molecule has 0 N–H and O–H groups in total. The third kappa shape index (κ3) is 3.46. The lowest BCUT2D eigenvalue weighted by Crippen LogP contribution is -2.35. The first-order chi connectivity index (χ1) is 12.7. The molecule has 136 valence electrons. The van der Waals surface area contributed by atoms with Gasteiger partial charge in [0.15, 0.2) is 5.01 Å². The SMILES string of the molecule is O=C(c1ccncn1)N1CCc2nc(C(=O)N3CCCCC3)sc2CC1. The van der Waals surface area contributed by atoms with Crippen molar-refractivity contribution >= 4 is 23.2 Å². The van der Waals surface area contributed by atoms with Crippen molar-refractivity contribution in [1.29, 1.82) is 0 Å². The quantitative estimate of drug-likeness (QED) is 0.804. The van der Waals surface area contributed by atoms with Gasteiger partial charge < -0.3 is 9.80 Å². The van der Waals surface area contributed by atoms with E-state index in [9.17, 15) is 9.59 Å². The van der Waals surface area contributed by atoms with Crippen molar-refractivity contribution in [3.63, 3.8) is 0 Å². The fourth-order valence-electron chi connectivity index (χ4n) is 3.47. The summed E-state index contributed by atoms with van der Waals surface area (Å²) in [5.74, 6) is -0.0103. The highest BCUT2D eigenvalue weighted by atomic mass is 32.1. The van der Waals surface area contributed by atoms with Crippen LogP contribution in [0.25, 0.3) is 0 Å². The maximum atomic E-state index is 12.7. The second-order valence-electron chi connectivity index (χ2n) is 6.63. The fourth-order valence-corrected chi connectivity index (χ4v) is 4.53. The first-order valence-electron chi connectivity index (χ1n) is 9.05. The van der Waals surface area contributed by atoms with E-state index in [2.05, 4.69) is 15.0 Å². The van der Waals surface area contributed by atoms with E-state index in [0.717, 1.165) is 42.9 Å². The summed E-state index contributed by atoms with van der Waals surface area (Å²) in [7, 11) is 0. The number of rotatable bonds is 2. The molecule has 0 radical (unpaired) electrons. The molecule has 4 rings (SSSR count). The van der Waals surface area contributed by atoms with Crippen LogP contribution in [-0.2, 0) is 12.8 Å². The minimum absolute atomic E-state index is 0.0664. The van der Waals surface area contributed by atoms with Crippen molar-refractivity contribution in [3.8, 4) is 0 Å². The van der Waals surface area contributed by atoms with Crippen LogP contribution in [-0.4, -0.2) is 62.7 Å². The highest BCUT2D eigenvalue weighted by molar-refractivity contribution is 7.13. The topological polar surface area (TPSA) is 79.3 Å². The van der Waals surface area contributed by atoms with Gasteiger partial charge in [-0.25, -0.2) is 15.0 Å². The van der Waals surface area contributed by atoms with Crippen LogP contribution < -0.4 is 0 Å². The molecular formula is C18H21N5O2S. The summed E-state index contributed by atoms with van der Waals surface area (Å²) in [5.41, 5.74) is 1.38. The van der Waals surface area contributed by atoms with Crippen molar-refractivity contribution in [1.82, 2.24) is 24.8 Å². The average molecular weight is 371 g/mol. The molecule has 2 amide bonds. The first-order valence-corrected chi connectivity index (χ1v) is 9.87. The van der Waals surface area contributed by atoms with E-state index < -0.39 is 0 Å². The zero-order chi connectivity index (χ0) is 17.9. The smallest absolute Gasteiger partial charge is 0.282 e. The molecule has 0 aliphatic carbocycles. The van der Waals surface area contributed by atoms with Crippen LogP contribution in [0.4, 0.5) is 0 Å². The zero-order valence-electron chi connectivity index (χ0n) is 14.6. The van der Waals surface area contributed by atoms with E-state index in [0.29, 0.717) is 30.2 Å². The van der Waals surface area contributed by atoms with Crippen molar-refractivity contribution in [2.45, 2.75) is 32.1 Å². The molecular weight excluding hydrogens is 350 g/mol. The van der Waals surface area contributed by atoms with Gasteiger partial charge in [0.1, 0.15) is 12.0 Å². The number of nitrogens with zero attached hydrogens (tertiary/aromatic N) is 5. The molecule has 1 saturated heterocycles. The maximum Gasteiger partial charge on any atom is 0.282 e. The molecule has 0 atom stereocenters. The third-order valence-electron chi connectivity index (χ3n) is 4.92. The zero-order valence-corrected chi connectivity index (χ0v) is 15.4. The minimum atomic E-state index is -0.0767. The maximum absolute atomic E-state index is 12.7. The summed E-state index contributed by atoms with van der Waals surface area (Å²) < 4.78 is 0. The van der Waals surface area contributed by atoms with Crippen LogP contribution in [0.15, 0.2) is 18.6 Å². The highest BCUT2D eigenvalue weighted by Gasteiger charge is 2.26. The van der Waals surface area contributed by atoms with Crippen LogP contribution in [0.5, 0.6) is 0 Å². The van der Waals surface area contributed by atoms with Crippen molar-refractivity contribution in [2.75, 3.05) is 26.2 Å². The lowest BCUT2D eigenvalue weighted by atomic mass is 10.1. The van der Waals surface area contributed by atoms with E-state index in [4.69, 9.17) is 0 Å². The van der Waals surface area contributed by atoms with Gasteiger partial charge in [-0.05, 0) is 25.3 Å². The number of hydrogen-bond donors (Lipinski definition) is 0. The minimum Gasteiger partial charge on any atom is -0.337 e. The first kappa shape index (κ1) is 17.1. The molecule has 0 spiro atoms. The summed E-state index contributed by atoms with van der Waals surface area (Å²) in [4.78, 5) is 42.6. The van der Waals surface area contributed by atoms with Gasteiger partial charge in [-0.3, -0.25) is 9.59 Å². The Labute approximate surface area is 156 Å². The van der Waals surface area contributed by atoms with Gasteiger partial charge in [0.25, 0.3) is 11.8 Å². The standard InChI is InChI=1S/C18H21N5O2S/c24-17(14-4-7-19-12-20-14)23-10-5-13-15(6-11-23)26-16(21-13)18(25)22-8-2-1-3-9-22/h4,7,12H,1-3,5-6,8-11H2. The average Bonchev–Trinajstić information content (AvgIpc) is 3.01. The monoisotopic (exact) mass is 371 g/mol. The summed E-state index contributed by atoms with van der Waals surface area (Å²) in [5, 5.41) is 0.604. The normalized spacial score (nSPS) is 17.5. The predicted octanol–water partition coefficient (Wildman–Crippen LogP) is 1.80. The van der Waals surface area contributed by atoms with Gasteiger partial charge >= 0.3 is 0 Å². The molecule has 26 heavy (non-hydrogen) atoms. The van der Waals surface area contributed by atoms with E-state index in [1.807, 2.05) is 9.80 Å². The largest absolute Gasteiger partial charge is 0.337 e. The van der Waals surface area contributed by atoms with E-state index >= 15 is 0 Å². The lowest BCUT2D eigenvalue weighted by molar-refractivity contribution is 0.0720. The van der Waals surface area contributed by atoms with Gasteiger partial charge in [-0.2, -0.15) is 0 Å². The summed E-state index contributed by atoms with van der Waals surface area (Å²) in [6.45, 7) is 2.89. The number of likely N-dealkylation sites (tertiary alicyclic amines) is 1. The molecule has 7 nitrogen and oxygen atoms in total. The number of carbonyl (C=O) groups is 2. The number of piperidine rings is 1. The number of hydrogen-bond acceptors (Lipinski definition) is 6. The molecule has 1 fully saturated rings. The number of fused-ring (bicyclic) bond motifs is 1. The molecule has 0 saturated carbocycles.